The molecule has 1 N–H and O–H groups in total. The van der Waals surface area contributed by atoms with Crippen molar-refractivity contribution in [3.8, 4) is 0 Å². The number of amidine groups is 1. The van der Waals surface area contributed by atoms with Crippen LogP contribution < -0.4 is 0 Å². The first-order valence-corrected chi connectivity index (χ1v) is 9.68. The Kier molecular flexibility index (Phi) is 7.74. The maximum Gasteiger partial charge on any atom is 0.123 e. The highest BCUT2D eigenvalue weighted by atomic mass is 28.3. The summed E-state index contributed by atoms with van der Waals surface area (Å²) in [5.74, 6) is 0.808. The van der Waals surface area contributed by atoms with Crippen LogP contribution in [0.3, 0.4) is 0 Å². The standard InChI is InChI=1S/C12H25N3OSi/c1-6-12(14-10-13)15(7-2)11-16-8-9-17(3,4)5/h7,10,13H,2,6,8-9,11H2,1,3-5H3. The third-order valence-corrected chi connectivity index (χ3v) is 4.01. The Hall–Kier alpha value is -0.943. The van der Waals surface area contributed by atoms with Gasteiger partial charge in [-0.3, -0.25) is 5.41 Å². The van der Waals surface area contributed by atoms with Crippen LogP contribution in [0.4, 0.5) is 0 Å². The average molecular weight is 255 g/mol. The summed E-state index contributed by atoms with van der Waals surface area (Å²) >= 11 is 0. The molecule has 17 heavy (non-hydrogen) atoms. The van der Waals surface area contributed by atoms with E-state index in [1.807, 2.05) is 11.8 Å². The van der Waals surface area contributed by atoms with Crippen molar-refractivity contribution in [2.75, 3.05) is 13.3 Å². The Morgan fingerprint density at radius 2 is 2.12 bits per heavy atom. The highest BCUT2D eigenvalue weighted by Gasteiger charge is 2.12. The van der Waals surface area contributed by atoms with Crippen molar-refractivity contribution >= 4 is 20.2 Å². The maximum absolute atomic E-state index is 6.99. The summed E-state index contributed by atoms with van der Waals surface area (Å²) in [7, 11) is -1.03. The highest BCUT2D eigenvalue weighted by Crippen LogP contribution is 2.08. The first kappa shape index (κ1) is 16.1. The number of aliphatic imine (C=N–C) groups is 1. The van der Waals surface area contributed by atoms with E-state index in [-0.39, 0.29) is 0 Å². The van der Waals surface area contributed by atoms with Gasteiger partial charge in [0.15, 0.2) is 0 Å². The van der Waals surface area contributed by atoms with Crippen LogP contribution in [-0.2, 0) is 4.74 Å². The Balaban J connectivity index is 4.10. The second kappa shape index (κ2) is 8.19. The lowest BCUT2D eigenvalue weighted by Crippen LogP contribution is -2.29. The van der Waals surface area contributed by atoms with E-state index in [1.54, 1.807) is 6.20 Å². The highest BCUT2D eigenvalue weighted by molar-refractivity contribution is 6.76. The van der Waals surface area contributed by atoms with Gasteiger partial charge in [0.2, 0.25) is 0 Å². The number of hydrogen-bond donors (Lipinski definition) is 1. The molecule has 0 saturated heterocycles. The summed E-state index contributed by atoms with van der Waals surface area (Å²) in [6.07, 6.45) is 3.51. The van der Waals surface area contributed by atoms with Crippen molar-refractivity contribution in [3.63, 3.8) is 0 Å². The fraction of sp³-hybridized carbons (Fsp3) is 0.667. The molecule has 0 aliphatic heterocycles. The number of rotatable bonds is 8. The minimum Gasteiger partial charge on any atom is -0.361 e. The number of nitrogens with one attached hydrogen (secondary N) is 1. The van der Waals surface area contributed by atoms with Crippen LogP contribution in [0.25, 0.3) is 0 Å². The molecule has 0 fully saturated rings. The molecule has 0 bridgehead atoms. The van der Waals surface area contributed by atoms with Crippen LogP contribution in [0.1, 0.15) is 13.3 Å². The van der Waals surface area contributed by atoms with Crippen LogP contribution in [0.2, 0.25) is 25.7 Å². The third kappa shape index (κ3) is 7.87. The summed E-state index contributed by atoms with van der Waals surface area (Å²) in [6, 6.07) is 1.15. The lowest BCUT2D eigenvalue weighted by molar-refractivity contribution is 0.0928. The van der Waals surface area contributed by atoms with Gasteiger partial charge in [0.05, 0.1) is 0 Å². The molecule has 0 saturated carbocycles. The second-order valence-corrected chi connectivity index (χ2v) is 10.6. The van der Waals surface area contributed by atoms with Gasteiger partial charge in [0.1, 0.15) is 18.9 Å². The molecule has 0 amide bonds. The number of ether oxygens (including phenoxy) is 1. The minimum atomic E-state index is -1.03. The molecular weight excluding hydrogens is 230 g/mol. The third-order valence-electron chi connectivity index (χ3n) is 2.31. The molecule has 98 valence electrons. The van der Waals surface area contributed by atoms with Gasteiger partial charge in [-0.1, -0.05) is 33.1 Å². The predicted octanol–water partition coefficient (Wildman–Crippen LogP) is 3.16. The fourth-order valence-corrected chi connectivity index (χ4v) is 1.97. The van der Waals surface area contributed by atoms with Crippen molar-refractivity contribution in [2.24, 2.45) is 4.99 Å². The van der Waals surface area contributed by atoms with Gasteiger partial charge in [0.25, 0.3) is 0 Å². The van der Waals surface area contributed by atoms with E-state index >= 15 is 0 Å². The van der Waals surface area contributed by atoms with E-state index in [4.69, 9.17) is 10.1 Å². The molecule has 0 unspecified atom stereocenters. The van der Waals surface area contributed by atoms with Crippen LogP contribution in [0, 0.1) is 5.41 Å². The molecule has 0 aliphatic carbocycles. The number of nitrogens with zero attached hydrogens (tertiary/aromatic N) is 2. The van der Waals surface area contributed by atoms with Crippen LogP contribution in [0.15, 0.2) is 17.8 Å². The first-order chi connectivity index (χ1) is 7.94. The Labute approximate surface area is 106 Å². The van der Waals surface area contributed by atoms with Gasteiger partial charge in [-0.15, -0.1) is 0 Å². The van der Waals surface area contributed by atoms with Crippen LogP contribution in [-0.4, -0.2) is 38.5 Å². The molecule has 0 spiro atoms. The Bertz CT molecular complexity index is 271. The molecule has 0 heterocycles. The van der Waals surface area contributed by atoms with Gasteiger partial charge < -0.3 is 9.64 Å². The van der Waals surface area contributed by atoms with E-state index in [2.05, 4.69) is 31.2 Å². The van der Waals surface area contributed by atoms with E-state index in [1.165, 1.54) is 0 Å². The quantitative estimate of drug-likeness (QED) is 0.238. The lowest BCUT2D eigenvalue weighted by Gasteiger charge is -2.22. The minimum absolute atomic E-state index is 0.467. The summed E-state index contributed by atoms with van der Waals surface area (Å²) in [5.41, 5.74) is 0. The van der Waals surface area contributed by atoms with Crippen molar-refractivity contribution in [3.05, 3.63) is 12.8 Å². The van der Waals surface area contributed by atoms with Crippen LogP contribution >= 0.6 is 0 Å². The SMILES string of the molecule is C=CN(COCC[Si](C)(C)C)C(CC)=NC=N. The molecular formula is C12H25N3OSi. The first-order valence-electron chi connectivity index (χ1n) is 5.97. The van der Waals surface area contributed by atoms with Gasteiger partial charge >= 0.3 is 0 Å². The van der Waals surface area contributed by atoms with Crippen molar-refractivity contribution in [1.82, 2.24) is 4.90 Å². The van der Waals surface area contributed by atoms with E-state index in [0.29, 0.717) is 6.73 Å². The molecule has 0 radical (unpaired) electrons. The largest absolute Gasteiger partial charge is 0.361 e. The van der Waals surface area contributed by atoms with Crippen molar-refractivity contribution < 1.29 is 4.74 Å². The lowest BCUT2D eigenvalue weighted by atomic mass is 10.4. The molecule has 0 atom stereocenters. The zero-order chi connectivity index (χ0) is 13.3. The Morgan fingerprint density at radius 3 is 2.53 bits per heavy atom. The average Bonchev–Trinajstić information content (AvgIpc) is 2.25. The zero-order valence-corrected chi connectivity index (χ0v) is 12.5. The molecule has 0 aromatic carbocycles. The zero-order valence-electron chi connectivity index (χ0n) is 11.5. The van der Waals surface area contributed by atoms with E-state index in [0.717, 1.165) is 31.2 Å². The topological polar surface area (TPSA) is 48.7 Å². The van der Waals surface area contributed by atoms with Gasteiger partial charge in [0, 0.05) is 27.3 Å². The molecule has 4 nitrogen and oxygen atoms in total. The van der Waals surface area contributed by atoms with Gasteiger partial charge in [-0.05, 0) is 6.04 Å². The summed E-state index contributed by atoms with van der Waals surface area (Å²) in [5, 5.41) is 6.99. The summed E-state index contributed by atoms with van der Waals surface area (Å²) in [4.78, 5) is 5.83. The molecule has 0 rings (SSSR count). The molecule has 0 aliphatic rings. The maximum atomic E-state index is 6.99. The van der Waals surface area contributed by atoms with Gasteiger partial charge in [-0.2, -0.15) is 0 Å². The van der Waals surface area contributed by atoms with Crippen LogP contribution in [0.5, 0.6) is 0 Å². The molecule has 0 aromatic heterocycles. The molecule has 0 aromatic rings. The normalized spacial score (nSPS) is 12.4. The number of hydrogen-bond acceptors (Lipinski definition) is 2. The van der Waals surface area contributed by atoms with E-state index in [9.17, 15) is 0 Å². The fourth-order valence-electron chi connectivity index (χ4n) is 1.22. The van der Waals surface area contributed by atoms with Crippen molar-refractivity contribution in [1.29, 1.82) is 5.41 Å². The van der Waals surface area contributed by atoms with E-state index < -0.39 is 8.07 Å². The summed E-state index contributed by atoms with van der Waals surface area (Å²) in [6.45, 7) is 14.0. The second-order valence-electron chi connectivity index (χ2n) is 5.03. The Morgan fingerprint density at radius 1 is 1.47 bits per heavy atom. The van der Waals surface area contributed by atoms with Gasteiger partial charge in [-0.25, -0.2) is 4.99 Å². The monoisotopic (exact) mass is 255 g/mol. The predicted molar refractivity (Wildman–Crippen MR) is 77.5 cm³/mol. The molecule has 5 heteroatoms. The van der Waals surface area contributed by atoms with Crippen molar-refractivity contribution in [2.45, 2.75) is 39.0 Å². The summed E-state index contributed by atoms with van der Waals surface area (Å²) < 4.78 is 5.63. The smallest absolute Gasteiger partial charge is 0.123 e.